The fourth-order valence-electron chi connectivity index (χ4n) is 2.01. The molecule has 6 heteroatoms. The number of rotatable bonds is 5. The summed E-state index contributed by atoms with van der Waals surface area (Å²) in [7, 11) is 0. The Labute approximate surface area is 121 Å². The Morgan fingerprint density at radius 3 is 2.85 bits per heavy atom. The van der Waals surface area contributed by atoms with Crippen molar-refractivity contribution in [1.82, 2.24) is 19.7 Å². The summed E-state index contributed by atoms with van der Waals surface area (Å²) in [6, 6.07) is 9.98. The second kappa shape index (κ2) is 5.92. The topological polar surface area (TPSA) is 55.6 Å². The molecule has 0 aliphatic heterocycles. The molecule has 3 rings (SSSR count). The fraction of sp³-hybridized carbons (Fsp3) is 0.214. The van der Waals surface area contributed by atoms with E-state index >= 15 is 0 Å². The average molecular weight is 285 g/mol. The molecule has 0 spiro atoms. The molecular formula is C14H15N5S. The first-order chi connectivity index (χ1) is 9.90. The van der Waals surface area contributed by atoms with Crippen LogP contribution in [0.25, 0.3) is 16.7 Å². The Hall–Kier alpha value is -2.08. The van der Waals surface area contributed by atoms with Gasteiger partial charge < -0.3 is 5.32 Å². The number of thioether (sulfide) groups is 1. The third kappa shape index (κ3) is 2.46. The molecule has 1 N–H and O–H groups in total. The van der Waals surface area contributed by atoms with E-state index in [1.807, 2.05) is 41.2 Å². The van der Waals surface area contributed by atoms with Gasteiger partial charge in [0.15, 0.2) is 5.65 Å². The van der Waals surface area contributed by atoms with Crippen molar-refractivity contribution >= 4 is 28.6 Å². The van der Waals surface area contributed by atoms with Crippen LogP contribution < -0.4 is 5.32 Å². The van der Waals surface area contributed by atoms with Gasteiger partial charge in [0.05, 0.1) is 17.3 Å². The summed E-state index contributed by atoms with van der Waals surface area (Å²) >= 11 is 1.80. The van der Waals surface area contributed by atoms with Gasteiger partial charge in [0.2, 0.25) is 0 Å². The van der Waals surface area contributed by atoms with Crippen molar-refractivity contribution in [3.05, 3.63) is 42.9 Å². The number of benzene rings is 1. The number of hydrogen-bond acceptors (Lipinski definition) is 5. The second-order valence-corrected chi connectivity index (χ2v) is 5.26. The highest BCUT2D eigenvalue weighted by Crippen LogP contribution is 2.21. The van der Waals surface area contributed by atoms with Gasteiger partial charge >= 0.3 is 0 Å². The molecule has 2 aromatic heterocycles. The zero-order valence-electron chi connectivity index (χ0n) is 11.2. The first-order valence-corrected chi connectivity index (χ1v) is 7.76. The molecule has 5 nitrogen and oxygen atoms in total. The predicted molar refractivity (Wildman–Crippen MR) is 83.5 cm³/mol. The third-order valence-corrected chi connectivity index (χ3v) is 3.58. The van der Waals surface area contributed by atoms with E-state index in [4.69, 9.17) is 0 Å². The van der Waals surface area contributed by atoms with Crippen molar-refractivity contribution in [3.8, 4) is 5.69 Å². The molecule has 20 heavy (non-hydrogen) atoms. The highest BCUT2D eigenvalue weighted by atomic mass is 32.2. The van der Waals surface area contributed by atoms with E-state index in [0.29, 0.717) is 0 Å². The lowest BCUT2D eigenvalue weighted by atomic mass is 10.3. The van der Waals surface area contributed by atoms with Crippen LogP contribution in [0, 0.1) is 0 Å². The number of para-hydroxylation sites is 1. The van der Waals surface area contributed by atoms with Gasteiger partial charge in [0.1, 0.15) is 12.1 Å². The van der Waals surface area contributed by atoms with E-state index in [-0.39, 0.29) is 0 Å². The maximum Gasteiger partial charge on any atom is 0.168 e. The van der Waals surface area contributed by atoms with E-state index in [0.717, 1.165) is 34.8 Å². The first-order valence-electron chi connectivity index (χ1n) is 6.37. The lowest BCUT2D eigenvalue weighted by molar-refractivity contribution is 0.895. The molecule has 0 aliphatic carbocycles. The van der Waals surface area contributed by atoms with Crippen LogP contribution in [-0.4, -0.2) is 38.3 Å². The van der Waals surface area contributed by atoms with E-state index in [1.165, 1.54) is 0 Å². The predicted octanol–water partition coefficient (Wildman–Crippen LogP) is 2.59. The van der Waals surface area contributed by atoms with Gasteiger partial charge in [-0.3, -0.25) is 0 Å². The van der Waals surface area contributed by atoms with Gasteiger partial charge in [-0.25, -0.2) is 14.6 Å². The van der Waals surface area contributed by atoms with Crippen LogP contribution in [0.5, 0.6) is 0 Å². The highest BCUT2D eigenvalue weighted by molar-refractivity contribution is 7.98. The van der Waals surface area contributed by atoms with Crippen LogP contribution in [0.4, 0.5) is 5.82 Å². The summed E-state index contributed by atoms with van der Waals surface area (Å²) in [6.45, 7) is 0.879. The van der Waals surface area contributed by atoms with Crippen molar-refractivity contribution in [3.63, 3.8) is 0 Å². The van der Waals surface area contributed by atoms with Gasteiger partial charge in [-0.2, -0.15) is 16.9 Å². The van der Waals surface area contributed by atoms with E-state index in [1.54, 1.807) is 18.1 Å². The number of nitrogens with zero attached hydrogens (tertiary/aromatic N) is 4. The second-order valence-electron chi connectivity index (χ2n) is 4.27. The van der Waals surface area contributed by atoms with Gasteiger partial charge in [0.25, 0.3) is 0 Å². The largest absolute Gasteiger partial charge is 0.369 e. The molecule has 1 aromatic carbocycles. The zero-order valence-corrected chi connectivity index (χ0v) is 12.0. The van der Waals surface area contributed by atoms with Crippen LogP contribution in [-0.2, 0) is 0 Å². The molecule has 102 valence electrons. The SMILES string of the molecule is CSCCNc1ncnc2c1cnn2-c1ccccc1. The smallest absolute Gasteiger partial charge is 0.168 e. The van der Waals surface area contributed by atoms with Crippen molar-refractivity contribution in [2.45, 2.75) is 0 Å². The summed E-state index contributed by atoms with van der Waals surface area (Å²) in [5.74, 6) is 1.88. The molecule has 0 aliphatic rings. The molecule has 0 saturated heterocycles. The van der Waals surface area contributed by atoms with Gasteiger partial charge in [0, 0.05) is 12.3 Å². The molecule has 0 atom stereocenters. The van der Waals surface area contributed by atoms with Crippen LogP contribution in [0.2, 0.25) is 0 Å². The summed E-state index contributed by atoms with van der Waals surface area (Å²) in [5, 5.41) is 8.69. The van der Waals surface area contributed by atoms with Crippen LogP contribution in [0.3, 0.4) is 0 Å². The van der Waals surface area contributed by atoms with Crippen molar-refractivity contribution in [2.75, 3.05) is 23.9 Å². The van der Waals surface area contributed by atoms with Crippen LogP contribution >= 0.6 is 11.8 Å². The molecule has 0 radical (unpaired) electrons. The zero-order chi connectivity index (χ0) is 13.8. The highest BCUT2D eigenvalue weighted by Gasteiger charge is 2.10. The average Bonchev–Trinajstić information content (AvgIpc) is 2.93. The van der Waals surface area contributed by atoms with Gasteiger partial charge in [-0.05, 0) is 18.4 Å². The number of fused-ring (bicyclic) bond motifs is 1. The number of anilines is 1. The third-order valence-electron chi connectivity index (χ3n) is 2.97. The number of hydrogen-bond donors (Lipinski definition) is 1. The Morgan fingerprint density at radius 2 is 2.05 bits per heavy atom. The van der Waals surface area contributed by atoms with Gasteiger partial charge in [-0.1, -0.05) is 18.2 Å². The van der Waals surface area contributed by atoms with E-state index in [2.05, 4.69) is 26.6 Å². The molecule has 2 heterocycles. The minimum Gasteiger partial charge on any atom is -0.369 e. The summed E-state index contributed by atoms with van der Waals surface area (Å²) in [5.41, 5.74) is 1.81. The maximum absolute atomic E-state index is 4.42. The lowest BCUT2D eigenvalue weighted by Gasteiger charge is -2.06. The Balaban J connectivity index is 1.99. The Bertz CT molecular complexity index is 695. The maximum atomic E-state index is 4.42. The number of aromatic nitrogens is 4. The standard InChI is InChI=1S/C14H15N5S/c1-20-8-7-15-13-12-9-18-19(14(12)17-10-16-13)11-5-3-2-4-6-11/h2-6,9-10H,7-8H2,1H3,(H,15,16,17). The van der Waals surface area contributed by atoms with E-state index in [9.17, 15) is 0 Å². The molecule has 0 saturated carbocycles. The quantitative estimate of drug-likeness (QED) is 0.730. The molecule has 0 amide bonds. The first kappa shape index (κ1) is 12.9. The summed E-state index contributed by atoms with van der Waals surface area (Å²) in [4.78, 5) is 8.65. The summed E-state index contributed by atoms with van der Waals surface area (Å²) < 4.78 is 1.83. The molecule has 3 aromatic rings. The molecule has 0 fully saturated rings. The summed E-state index contributed by atoms with van der Waals surface area (Å²) in [6.07, 6.45) is 5.47. The normalized spacial score (nSPS) is 10.8. The van der Waals surface area contributed by atoms with Crippen LogP contribution in [0.1, 0.15) is 0 Å². The van der Waals surface area contributed by atoms with Crippen molar-refractivity contribution in [1.29, 1.82) is 0 Å². The van der Waals surface area contributed by atoms with E-state index < -0.39 is 0 Å². The fourth-order valence-corrected chi connectivity index (χ4v) is 2.32. The minimum atomic E-state index is 0.817. The van der Waals surface area contributed by atoms with Gasteiger partial charge in [-0.15, -0.1) is 0 Å². The van der Waals surface area contributed by atoms with Crippen molar-refractivity contribution in [2.24, 2.45) is 0 Å². The molecular weight excluding hydrogens is 270 g/mol. The molecule has 0 unspecified atom stereocenters. The lowest BCUT2D eigenvalue weighted by Crippen LogP contribution is -2.06. The van der Waals surface area contributed by atoms with Crippen molar-refractivity contribution < 1.29 is 0 Å². The number of nitrogens with one attached hydrogen (secondary N) is 1. The monoisotopic (exact) mass is 285 g/mol. The molecule has 0 bridgehead atoms. The Morgan fingerprint density at radius 1 is 1.20 bits per heavy atom. The Kier molecular flexibility index (Phi) is 3.83. The minimum absolute atomic E-state index is 0.817. The van der Waals surface area contributed by atoms with Crippen LogP contribution in [0.15, 0.2) is 42.9 Å².